The molecule has 24 heavy (non-hydrogen) atoms. The molecule has 0 aliphatic heterocycles. The number of urea groups is 1. The largest absolute Gasteiger partial charge is 0.452 e. The van der Waals surface area contributed by atoms with E-state index >= 15 is 0 Å². The highest BCUT2D eigenvalue weighted by Gasteiger charge is 2.09. The fourth-order valence-corrected chi connectivity index (χ4v) is 1.73. The molecule has 2 aromatic rings. The topological polar surface area (TPSA) is 111 Å². The first-order valence-corrected chi connectivity index (χ1v) is 7.36. The monoisotopic (exact) mass is 331 g/mol. The van der Waals surface area contributed by atoms with Gasteiger partial charge in [0.25, 0.3) is 5.91 Å². The molecule has 8 heteroatoms. The first-order valence-electron chi connectivity index (χ1n) is 7.36. The van der Waals surface area contributed by atoms with Crippen LogP contribution in [0, 0.1) is 0 Å². The van der Waals surface area contributed by atoms with Crippen molar-refractivity contribution < 1.29 is 23.5 Å². The number of nitrogens with zero attached hydrogens (tertiary/aromatic N) is 1. The molecule has 1 heterocycles. The SMILES string of the molecule is CCCNC(=O)NC(=O)COC(=O)/C=C/c1nc2ccccc2o1. The summed E-state index contributed by atoms with van der Waals surface area (Å²) in [5.41, 5.74) is 1.27. The van der Waals surface area contributed by atoms with E-state index in [0.29, 0.717) is 17.6 Å². The molecule has 2 N–H and O–H groups in total. The highest BCUT2D eigenvalue weighted by Crippen LogP contribution is 2.15. The molecule has 126 valence electrons. The predicted octanol–water partition coefficient (Wildman–Crippen LogP) is 1.62. The average molecular weight is 331 g/mol. The second kappa shape index (κ2) is 8.47. The maximum Gasteiger partial charge on any atom is 0.331 e. The van der Waals surface area contributed by atoms with Crippen LogP contribution >= 0.6 is 0 Å². The molecule has 1 aromatic heterocycles. The molecular formula is C16H17N3O5. The Bertz CT molecular complexity index is 733. The number of para-hydroxylation sites is 2. The molecule has 0 fully saturated rings. The lowest BCUT2D eigenvalue weighted by atomic mass is 10.3. The third-order valence-corrected chi connectivity index (χ3v) is 2.81. The van der Waals surface area contributed by atoms with Crippen molar-refractivity contribution >= 4 is 35.1 Å². The van der Waals surface area contributed by atoms with Crippen LogP contribution in [-0.2, 0) is 14.3 Å². The van der Waals surface area contributed by atoms with Crippen LogP contribution in [0.15, 0.2) is 34.8 Å². The van der Waals surface area contributed by atoms with Gasteiger partial charge >= 0.3 is 12.0 Å². The molecule has 0 bridgehead atoms. The lowest BCUT2D eigenvalue weighted by Gasteiger charge is -2.05. The summed E-state index contributed by atoms with van der Waals surface area (Å²) in [5.74, 6) is -1.22. The summed E-state index contributed by atoms with van der Waals surface area (Å²) in [6.45, 7) is 1.77. The van der Waals surface area contributed by atoms with Crippen molar-refractivity contribution in [2.75, 3.05) is 13.2 Å². The first kappa shape index (κ1) is 17.2. The van der Waals surface area contributed by atoms with Gasteiger partial charge in [-0.3, -0.25) is 10.1 Å². The number of imide groups is 1. The van der Waals surface area contributed by atoms with Crippen LogP contribution in [0.5, 0.6) is 0 Å². The zero-order valence-electron chi connectivity index (χ0n) is 13.1. The lowest BCUT2D eigenvalue weighted by Crippen LogP contribution is -2.41. The Morgan fingerprint density at radius 1 is 1.29 bits per heavy atom. The standard InChI is InChI=1S/C16H17N3O5/c1-2-9-17-16(22)19-13(20)10-23-15(21)8-7-14-18-11-5-3-4-6-12(11)24-14/h3-8H,2,9-10H2,1H3,(H2,17,19,20,22)/b8-7+. The van der Waals surface area contributed by atoms with E-state index in [1.807, 2.05) is 24.4 Å². The van der Waals surface area contributed by atoms with Gasteiger partial charge in [-0.2, -0.15) is 0 Å². The Morgan fingerprint density at radius 3 is 2.83 bits per heavy atom. The van der Waals surface area contributed by atoms with Crippen LogP contribution in [0.2, 0.25) is 0 Å². The fourth-order valence-electron chi connectivity index (χ4n) is 1.73. The first-order chi connectivity index (χ1) is 11.6. The van der Waals surface area contributed by atoms with E-state index in [-0.39, 0.29) is 5.89 Å². The Labute approximate surface area is 137 Å². The van der Waals surface area contributed by atoms with Crippen LogP contribution in [0.25, 0.3) is 17.2 Å². The molecule has 0 saturated heterocycles. The van der Waals surface area contributed by atoms with Crippen LogP contribution in [0.3, 0.4) is 0 Å². The Kier molecular flexibility index (Phi) is 6.07. The summed E-state index contributed by atoms with van der Waals surface area (Å²) in [4.78, 5) is 38.3. The van der Waals surface area contributed by atoms with Gasteiger partial charge in [0.2, 0.25) is 5.89 Å². The van der Waals surface area contributed by atoms with Gasteiger partial charge in [-0.1, -0.05) is 19.1 Å². The van der Waals surface area contributed by atoms with Crippen molar-refractivity contribution in [2.24, 2.45) is 0 Å². The van der Waals surface area contributed by atoms with Gasteiger partial charge in [-0.15, -0.1) is 0 Å². The molecule has 3 amide bonds. The van der Waals surface area contributed by atoms with Gasteiger partial charge in [0.05, 0.1) is 0 Å². The summed E-state index contributed by atoms with van der Waals surface area (Å²) in [6.07, 6.45) is 3.18. The number of carbonyl (C=O) groups excluding carboxylic acids is 3. The Morgan fingerprint density at radius 2 is 2.08 bits per heavy atom. The average Bonchev–Trinajstić information content (AvgIpc) is 2.99. The predicted molar refractivity (Wildman–Crippen MR) is 85.8 cm³/mol. The number of hydrogen-bond donors (Lipinski definition) is 2. The number of hydrogen-bond acceptors (Lipinski definition) is 6. The number of amides is 3. The minimum Gasteiger partial charge on any atom is -0.452 e. The molecule has 0 saturated carbocycles. The quantitative estimate of drug-likeness (QED) is 0.615. The minimum absolute atomic E-state index is 0.247. The van der Waals surface area contributed by atoms with Crippen molar-refractivity contribution in [1.82, 2.24) is 15.6 Å². The van der Waals surface area contributed by atoms with Crippen molar-refractivity contribution in [2.45, 2.75) is 13.3 Å². The third-order valence-electron chi connectivity index (χ3n) is 2.81. The van der Waals surface area contributed by atoms with E-state index in [1.165, 1.54) is 6.08 Å². The number of carbonyl (C=O) groups is 3. The van der Waals surface area contributed by atoms with E-state index in [2.05, 4.69) is 10.3 Å². The van der Waals surface area contributed by atoms with Crippen molar-refractivity contribution in [3.05, 3.63) is 36.2 Å². The van der Waals surface area contributed by atoms with Crippen LogP contribution in [-0.4, -0.2) is 36.0 Å². The van der Waals surface area contributed by atoms with Gasteiger partial charge in [-0.25, -0.2) is 14.6 Å². The molecule has 1 aromatic carbocycles. The van der Waals surface area contributed by atoms with Gasteiger partial charge in [0.1, 0.15) is 5.52 Å². The number of oxazole rings is 1. The van der Waals surface area contributed by atoms with Crippen LogP contribution in [0.1, 0.15) is 19.2 Å². The number of aromatic nitrogens is 1. The Hall–Kier alpha value is -3.16. The van der Waals surface area contributed by atoms with Gasteiger partial charge in [0, 0.05) is 18.7 Å². The second-order valence-corrected chi connectivity index (χ2v) is 4.76. The smallest absolute Gasteiger partial charge is 0.331 e. The summed E-state index contributed by atoms with van der Waals surface area (Å²) >= 11 is 0. The zero-order chi connectivity index (χ0) is 17.4. The van der Waals surface area contributed by atoms with E-state index in [1.54, 1.807) is 12.1 Å². The van der Waals surface area contributed by atoms with E-state index < -0.39 is 24.5 Å². The number of rotatable bonds is 6. The molecule has 0 aliphatic carbocycles. The number of esters is 1. The van der Waals surface area contributed by atoms with Gasteiger partial charge in [-0.05, 0) is 18.6 Å². The zero-order valence-corrected chi connectivity index (χ0v) is 13.1. The molecule has 0 spiro atoms. The number of fused-ring (bicyclic) bond motifs is 1. The highest BCUT2D eigenvalue weighted by molar-refractivity contribution is 5.96. The molecule has 0 aliphatic rings. The minimum atomic E-state index is -0.749. The third kappa shape index (κ3) is 5.24. The lowest BCUT2D eigenvalue weighted by molar-refractivity contribution is -0.143. The fraction of sp³-hybridized carbons (Fsp3) is 0.250. The number of ether oxygens (including phenoxy) is 1. The molecule has 8 nitrogen and oxygen atoms in total. The van der Waals surface area contributed by atoms with Crippen molar-refractivity contribution in [1.29, 1.82) is 0 Å². The molecular weight excluding hydrogens is 314 g/mol. The van der Waals surface area contributed by atoms with Crippen molar-refractivity contribution in [3.63, 3.8) is 0 Å². The van der Waals surface area contributed by atoms with Crippen LogP contribution in [0.4, 0.5) is 4.79 Å². The Balaban J connectivity index is 1.78. The summed E-state index contributed by atoms with van der Waals surface area (Å²) in [7, 11) is 0. The van der Waals surface area contributed by atoms with E-state index in [4.69, 9.17) is 9.15 Å². The van der Waals surface area contributed by atoms with Crippen LogP contribution < -0.4 is 10.6 Å². The maximum absolute atomic E-state index is 11.5. The van der Waals surface area contributed by atoms with Gasteiger partial charge in [0.15, 0.2) is 12.2 Å². The summed E-state index contributed by atoms with van der Waals surface area (Å²) < 4.78 is 10.1. The number of nitrogens with one attached hydrogen (secondary N) is 2. The van der Waals surface area contributed by atoms with E-state index in [0.717, 1.165) is 12.5 Å². The normalized spacial score (nSPS) is 10.7. The van der Waals surface area contributed by atoms with Crippen molar-refractivity contribution in [3.8, 4) is 0 Å². The highest BCUT2D eigenvalue weighted by atomic mass is 16.5. The maximum atomic E-state index is 11.5. The molecule has 0 unspecified atom stereocenters. The summed E-state index contributed by atoms with van der Waals surface area (Å²) in [5, 5.41) is 4.50. The molecule has 0 radical (unpaired) electrons. The molecule has 2 rings (SSSR count). The second-order valence-electron chi connectivity index (χ2n) is 4.76. The summed E-state index contributed by atoms with van der Waals surface area (Å²) in [6, 6.07) is 6.54. The molecule has 0 atom stereocenters. The number of benzene rings is 1. The van der Waals surface area contributed by atoms with E-state index in [9.17, 15) is 14.4 Å². The van der Waals surface area contributed by atoms with Gasteiger partial charge < -0.3 is 14.5 Å².